The average molecular weight is 546 g/mol. The number of sulfonamides is 1. The molecule has 9 nitrogen and oxygen atoms in total. The first kappa shape index (κ1) is 26.2. The lowest BCUT2D eigenvalue weighted by Crippen LogP contribution is -2.40. The standard InChI is InChI=1S/C26H31N3O6S2/c1-2-34-25(30)20-7-5-19(6-8-20)18-36-26-27-23-16-22(37(31,32)28-11-14-33-15-12-28)9-10-24(23)29(26)17-21-4-3-13-35-21/h5-10,16,21H,2-4,11-15,17-18H2,1H3/t21-/m1/s1. The third kappa shape index (κ3) is 5.85. The van der Waals surface area contributed by atoms with Crippen LogP contribution in [0.5, 0.6) is 0 Å². The predicted octanol–water partition coefficient (Wildman–Crippen LogP) is 3.71. The Bertz CT molecular complexity index is 1340. The Kier molecular flexibility index (Phi) is 8.15. The summed E-state index contributed by atoms with van der Waals surface area (Å²) in [7, 11) is -3.62. The fraction of sp³-hybridized carbons (Fsp3) is 0.462. The van der Waals surface area contributed by atoms with Crippen LogP contribution in [-0.2, 0) is 36.5 Å². The van der Waals surface area contributed by atoms with Gasteiger partial charge in [-0.3, -0.25) is 0 Å². The minimum absolute atomic E-state index is 0.109. The van der Waals surface area contributed by atoms with Gasteiger partial charge in [-0.15, -0.1) is 0 Å². The van der Waals surface area contributed by atoms with Crippen molar-refractivity contribution in [3.05, 3.63) is 53.6 Å². The third-order valence-corrected chi connectivity index (χ3v) is 9.48. The average Bonchev–Trinajstić information content (AvgIpc) is 3.56. The number of carbonyl (C=O) groups is 1. The molecule has 11 heteroatoms. The summed E-state index contributed by atoms with van der Waals surface area (Å²) >= 11 is 1.58. The van der Waals surface area contributed by atoms with Crippen molar-refractivity contribution in [2.75, 3.05) is 39.5 Å². The smallest absolute Gasteiger partial charge is 0.338 e. The zero-order valence-corrected chi connectivity index (χ0v) is 22.4. The number of hydrogen-bond donors (Lipinski definition) is 0. The second-order valence-electron chi connectivity index (χ2n) is 9.01. The molecule has 0 saturated carbocycles. The van der Waals surface area contributed by atoms with Crippen LogP contribution in [0.25, 0.3) is 11.0 Å². The number of rotatable bonds is 9. The topological polar surface area (TPSA) is 100.0 Å². The van der Waals surface area contributed by atoms with E-state index in [0.717, 1.165) is 35.7 Å². The van der Waals surface area contributed by atoms with Gasteiger partial charge in [-0.2, -0.15) is 4.31 Å². The summed E-state index contributed by atoms with van der Waals surface area (Å²) in [6.45, 7) is 5.05. The van der Waals surface area contributed by atoms with Crippen LogP contribution >= 0.6 is 11.8 Å². The number of ether oxygens (including phenoxy) is 3. The number of aromatic nitrogens is 2. The molecular weight excluding hydrogens is 514 g/mol. The number of esters is 1. The fourth-order valence-electron chi connectivity index (χ4n) is 4.56. The Morgan fingerprint density at radius 1 is 1.14 bits per heavy atom. The van der Waals surface area contributed by atoms with E-state index in [2.05, 4.69) is 4.57 Å². The third-order valence-electron chi connectivity index (χ3n) is 6.54. The van der Waals surface area contributed by atoms with E-state index < -0.39 is 10.0 Å². The van der Waals surface area contributed by atoms with E-state index in [4.69, 9.17) is 19.2 Å². The predicted molar refractivity (Wildman–Crippen MR) is 140 cm³/mol. The van der Waals surface area contributed by atoms with Gasteiger partial charge in [-0.05, 0) is 55.7 Å². The van der Waals surface area contributed by atoms with Gasteiger partial charge in [0.25, 0.3) is 0 Å². The van der Waals surface area contributed by atoms with Crippen LogP contribution in [0.3, 0.4) is 0 Å². The van der Waals surface area contributed by atoms with Crippen LogP contribution < -0.4 is 0 Å². The summed E-state index contributed by atoms with van der Waals surface area (Å²) in [5.41, 5.74) is 3.10. The molecule has 1 aromatic heterocycles. The van der Waals surface area contributed by atoms with Gasteiger partial charge < -0.3 is 18.8 Å². The van der Waals surface area contributed by atoms with Crippen LogP contribution in [0.1, 0.15) is 35.7 Å². The molecule has 2 aromatic carbocycles. The number of carbonyl (C=O) groups excluding carboxylic acids is 1. The van der Waals surface area contributed by atoms with Crippen molar-refractivity contribution in [3.8, 4) is 0 Å². The van der Waals surface area contributed by atoms with Crippen LogP contribution in [0.4, 0.5) is 0 Å². The highest BCUT2D eigenvalue weighted by Crippen LogP contribution is 2.31. The number of thioether (sulfide) groups is 1. The Hall–Kier alpha value is -2.44. The van der Waals surface area contributed by atoms with E-state index in [1.165, 1.54) is 4.31 Å². The highest BCUT2D eigenvalue weighted by Gasteiger charge is 2.28. The van der Waals surface area contributed by atoms with Crippen molar-refractivity contribution in [2.45, 2.75) is 48.2 Å². The second kappa shape index (κ2) is 11.5. The van der Waals surface area contributed by atoms with Gasteiger partial charge >= 0.3 is 5.97 Å². The molecule has 0 N–H and O–H groups in total. The minimum Gasteiger partial charge on any atom is -0.462 e. The molecule has 2 fully saturated rings. The zero-order valence-electron chi connectivity index (χ0n) is 20.8. The van der Waals surface area contributed by atoms with Crippen molar-refractivity contribution in [2.24, 2.45) is 0 Å². The Balaban J connectivity index is 1.40. The van der Waals surface area contributed by atoms with E-state index in [0.29, 0.717) is 56.3 Å². The SMILES string of the molecule is CCOC(=O)c1ccc(CSc2nc3cc(S(=O)(=O)N4CCOCC4)ccc3n2C[C@H]2CCCO2)cc1. The van der Waals surface area contributed by atoms with Crippen LogP contribution in [-0.4, -0.2) is 73.9 Å². The number of nitrogens with zero attached hydrogens (tertiary/aromatic N) is 3. The molecule has 198 valence electrons. The molecule has 0 unspecified atom stereocenters. The first-order chi connectivity index (χ1) is 18.0. The molecule has 0 radical (unpaired) electrons. The summed E-state index contributed by atoms with van der Waals surface area (Å²) in [5, 5.41) is 0.806. The fourth-order valence-corrected chi connectivity index (χ4v) is 6.97. The van der Waals surface area contributed by atoms with E-state index in [1.54, 1.807) is 43.0 Å². The normalized spacial score (nSPS) is 18.9. The van der Waals surface area contributed by atoms with Crippen molar-refractivity contribution >= 4 is 38.8 Å². The van der Waals surface area contributed by atoms with Gasteiger partial charge in [0.2, 0.25) is 10.0 Å². The molecule has 2 saturated heterocycles. The summed E-state index contributed by atoms with van der Waals surface area (Å²) in [4.78, 5) is 17.0. The monoisotopic (exact) mass is 545 g/mol. The molecule has 3 aromatic rings. The lowest BCUT2D eigenvalue weighted by atomic mass is 10.1. The summed E-state index contributed by atoms with van der Waals surface area (Å²) in [6.07, 6.45) is 2.13. The highest BCUT2D eigenvalue weighted by atomic mass is 32.2. The van der Waals surface area contributed by atoms with Gasteiger partial charge in [0, 0.05) is 25.4 Å². The molecule has 0 aliphatic carbocycles. The number of hydrogen-bond acceptors (Lipinski definition) is 8. The van der Waals surface area contributed by atoms with Crippen molar-refractivity contribution in [3.63, 3.8) is 0 Å². The number of morpholine rings is 1. The first-order valence-corrected chi connectivity index (χ1v) is 15.0. The zero-order chi connectivity index (χ0) is 25.8. The van der Waals surface area contributed by atoms with Crippen molar-refractivity contribution in [1.29, 1.82) is 0 Å². The number of fused-ring (bicyclic) bond motifs is 1. The maximum absolute atomic E-state index is 13.2. The summed E-state index contributed by atoms with van der Waals surface area (Å²) in [6, 6.07) is 12.6. The molecule has 0 spiro atoms. The van der Waals surface area contributed by atoms with Crippen LogP contribution in [0.15, 0.2) is 52.5 Å². The van der Waals surface area contributed by atoms with Gasteiger partial charge in [0.05, 0.1) is 54.0 Å². The van der Waals surface area contributed by atoms with Crippen LogP contribution in [0.2, 0.25) is 0 Å². The molecule has 0 bridgehead atoms. The molecule has 2 aliphatic heterocycles. The quantitative estimate of drug-likeness (QED) is 0.296. The molecular formula is C26H31N3O6S2. The molecule has 5 rings (SSSR count). The Labute approximate surface area is 221 Å². The van der Waals surface area contributed by atoms with Crippen molar-refractivity contribution in [1.82, 2.24) is 13.9 Å². The molecule has 37 heavy (non-hydrogen) atoms. The lowest BCUT2D eigenvalue weighted by Gasteiger charge is -2.26. The van der Waals surface area contributed by atoms with Crippen LogP contribution in [0, 0.1) is 0 Å². The molecule has 1 atom stereocenters. The van der Waals surface area contributed by atoms with Gasteiger partial charge in [-0.25, -0.2) is 18.2 Å². The summed E-state index contributed by atoms with van der Waals surface area (Å²) < 4.78 is 46.3. The van der Waals surface area contributed by atoms with Crippen molar-refractivity contribution < 1.29 is 27.4 Å². The lowest BCUT2D eigenvalue weighted by molar-refractivity contribution is 0.0526. The van der Waals surface area contributed by atoms with Gasteiger partial charge in [0.1, 0.15) is 0 Å². The number of benzene rings is 2. The van der Waals surface area contributed by atoms with Gasteiger partial charge in [0.15, 0.2) is 5.16 Å². The van der Waals surface area contributed by atoms with Gasteiger partial charge in [-0.1, -0.05) is 23.9 Å². The minimum atomic E-state index is -3.62. The largest absolute Gasteiger partial charge is 0.462 e. The highest BCUT2D eigenvalue weighted by molar-refractivity contribution is 7.98. The van der Waals surface area contributed by atoms with E-state index in [-0.39, 0.29) is 17.0 Å². The van der Waals surface area contributed by atoms with E-state index >= 15 is 0 Å². The Morgan fingerprint density at radius 2 is 1.92 bits per heavy atom. The molecule has 2 aliphatic rings. The molecule has 0 amide bonds. The second-order valence-corrected chi connectivity index (χ2v) is 11.9. The summed E-state index contributed by atoms with van der Waals surface area (Å²) in [5.74, 6) is 0.319. The maximum Gasteiger partial charge on any atom is 0.338 e. The first-order valence-electron chi connectivity index (χ1n) is 12.5. The maximum atomic E-state index is 13.2. The Morgan fingerprint density at radius 3 is 2.62 bits per heavy atom. The molecule has 3 heterocycles. The van der Waals surface area contributed by atoms with E-state index in [1.807, 2.05) is 18.2 Å². The number of imidazole rings is 1. The van der Waals surface area contributed by atoms with E-state index in [9.17, 15) is 13.2 Å².